The smallest absolute Gasteiger partial charge is 0.123 e. The van der Waals surface area contributed by atoms with Crippen LogP contribution in [0.2, 0.25) is 0 Å². The van der Waals surface area contributed by atoms with E-state index < -0.39 is 0 Å². The summed E-state index contributed by atoms with van der Waals surface area (Å²) in [6.07, 6.45) is 3.96. The zero-order valence-corrected chi connectivity index (χ0v) is 11.4. The van der Waals surface area contributed by atoms with Gasteiger partial charge in [0.2, 0.25) is 0 Å². The van der Waals surface area contributed by atoms with E-state index in [0.29, 0.717) is 5.56 Å². The van der Waals surface area contributed by atoms with E-state index in [0.717, 1.165) is 29.4 Å². The molecule has 3 rings (SSSR count). The van der Waals surface area contributed by atoms with Gasteiger partial charge < -0.3 is 4.57 Å². The highest BCUT2D eigenvalue weighted by Crippen LogP contribution is 2.25. The molecular formula is C15H18N4. The molecule has 19 heavy (non-hydrogen) atoms. The topological polar surface area (TPSA) is 44.9 Å². The molecule has 1 fully saturated rings. The maximum absolute atomic E-state index is 8.94. The number of hydrogen-bond donors (Lipinski definition) is 0. The molecule has 0 spiro atoms. The molecule has 0 atom stereocenters. The van der Waals surface area contributed by atoms with E-state index >= 15 is 0 Å². The Labute approximate surface area is 113 Å². The Hall–Kier alpha value is -1.86. The summed E-state index contributed by atoms with van der Waals surface area (Å²) >= 11 is 0. The molecular weight excluding hydrogens is 236 g/mol. The van der Waals surface area contributed by atoms with Crippen LogP contribution < -0.4 is 0 Å². The number of benzene rings is 1. The molecule has 1 aromatic carbocycles. The van der Waals surface area contributed by atoms with Crippen LogP contribution in [-0.4, -0.2) is 27.5 Å². The zero-order chi connectivity index (χ0) is 13.4. The quantitative estimate of drug-likeness (QED) is 0.845. The third-order valence-corrected chi connectivity index (χ3v) is 4.19. The molecule has 1 aliphatic carbocycles. The lowest BCUT2D eigenvalue weighted by Crippen LogP contribution is -2.37. The average Bonchev–Trinajstić information content (AvgIpc) is 2.63. The van der Waals surface area contributed by atoms with Crippen molar-refractivity contribution in [1.82, 2.24) is 14.5 Å². The van der Waals surface area contributed by atoms with Crippen LogP contribution in [0.3, 0.4) is 0 Å². The highest BCUT2D eigenvalue weighted by atomic mass is 15.2. The Morgan fingerprint density at radius 1 is 1.47 bits per heavy atom. The first-order valence-corrected chi connectivity index (χ1v) is 6.74. The molecule has 2 aromatic rings. The van der Waals surface area contributed by atoms with Gasteiger partial charge in [-0.1, -0.05) is 6.42 Å². The van der Waals surface area contributed by atoms with Gasteiger partial charge in [-0.15, -0.1) is 0 Å². The van der Waals surface area contributed by atoms with Crippen molar-refractivity contribution in [2.45, 2.75) is 31.8 Å². The summed E-state index contributed by atoms with van der Waals surface area (Å²) in [5, 5.41) is 8.94. The van der Waals surface area contributed by atoms with E-state index in [1.54, 1.807) is 0 Å². The van der Waals surface area contributed by atoms with Gasteiger partial charge in [0.1, 0.15) is 5.82 Å². The summed E-state index contributed by atoms with van der Waals surface area (Å²) in [5.74, 6) is 1.07. The van der Waals surface area contributed by atoms with E-state index in [1.165, 1.54) is 19.3 Å². The van der Waals surface area contributed by atoms with E-state index in [2.05, 4.69) is 27.6 Å². The minimum absolute atomic E-state index is 0.671. The number of imidazole rings is 1. The molecule has 0 bridgehead atoms. The fraction of sp³-hybridized carbons (Fsp3) is 0.467. The summed E-state index contributed by atoms with van der Waals surface area (Å²) in [6, 6.07) is 8.58. The third-order valence-electron chi connectivity index (χ3n) is 4.19. The molecule has 98 valence electrons. The van der Waals surface area contributed by atoms with Crippen molar-refractivity contribution in [1.29, 1.82) is 5.26 Å². The molecule has 0 radical (unpaired) electrons. The normalized spacial score (nSPS) is 15.7. The van der Waals surface area contributed by atoms with Crippen LogP contribution in [0.25, 0.3) is 11.0 Å². The van der Waals surface area contributed by atoms with Crippen molar-refractivity contribution < 1.29 is 0 Å². The number of aryl methyl sites for hydroxylation is 1. The van der Waals surface area contributed by atoms with Crippen molar-refractivity contribution >= 4 is 11.0 Å². The second-order valence-corrected chi connectivity index (χ2v) is 5.40. The van der Waals surface area contributed by atoms with E-state index in [4.69, 9.17) is 5.26 Å². The molecule has 4 nitrogen and oxygen atoms in total. The first-order chi connectivity index (χ1) is 9.19. The van der Waals surface area contributed by atoms with Crippen molar-refractivity contribution in [3.63, 3.8) is 0 Å². The lowest BCUT2D eigenvalue weighted by molar-refractivity contribution is 0.148. The van der Waals surface area contributed by atoms with Crippen molar-refractivity contribution in [3.8, 4) is 6.07 Å². The van der Waals surface area contributed by atoms with Gasteiger partial charge in [0.25, 0.3) is 0 Å². The Kier molecular flexibility index (Phi) is 3.00. The van der Waals surface area contributed by atoms with Crippen LogP contribution in [0.1, 0.15) is 30.7 Å². The van der Waals surface area contributed by atoms with E-state index in [-0.39, 0.29) is 0 Å². The van der Waals surface area contributed by atoms with Crippen LogP contribution in [-0.2, 0) is 13.6 Å². The number of hydrogen-bond acceptors (Lipinski definition) is 3. The number of nitriles is 1. The van der Waals surface area contributed by atoms with Crippen LogP contribution >= 0.6 is 0 Å². The van der Waals surface area contributed by atoms with Gasteiger partial charge in [-0.25, -0.2) is 4.98 Å². The second-order valence-electron chi connectivity index (χ2n) is 5.40. The molecule has 4 heteroatoms. The summed E-state index contributed by atoms with van der Waals surface area (Å²) in [6.45, 7) is 0.873. The van der Waals surface area contributed by atoms with Gasteiger partial charge in [-0.3, -0.25) is 4.90 Å². The number of aromatic nitrogens is 2. The Morgan fingerprint density at radius 2 is 2.26 bits per heavy atom. The van der Waals surface area contributed by atoms with Gasteiger partial charge in [-0.2, -0.15) is 5.26 Å². The SMILES string of the molecule is CN(Cc1nc2cc(C#N)ccc2n1C)C1CCC1. The zero-order valence-electron chi connectivity index (χ0n) is 11.4. The fourth-order valence-electron chi connectivity index (χ4n) is 2.64. The van der Waals surface area contributed by atoms with Crippen LogP contribution in [0.15, 0.2) is 18.2 Å². The molecule has 1 aliphatic rings. The maximum Gasteiger partial charge on any atom is 0.123 e. The second kappa shape index (κ2) is 4.67. The molecule has 0 N–H and O–H groups in total. The van der Waals surface area contributed by atoms with Gasteiger partial charge in [0.05, 0.1) is 29.2 Å². The standard InChI is InChI=1S/C15H18N4/c1-18(12-4-3-5-12)10-15-17-13-8-11(9-16)6-7-14(13)19(15)2/h6-8,12H,3-5,10H2,1-2H3. The van der Waals surface area contributed by atoms with E-state index in [1.807, 2.05) is 25.2 Å². The molecule has 0 amide bonds. The summed E-state index contributed by atoms with van der Waals surface area (Å²) in [4.78, 5) is 7.06. The molecule has 1 heterocycles. The van der Waals surface area contributed by atoms with Crippen LogP contribution in [0.4, 0.5) is 0 Å². The minimum Gasteiger partial charge on any atom is -0.330 e. The largest absolute Gasteiger partial charge is 0.330 e. The predicted molar refractivity (Wildman–Crippen MR) is 74.5 cm³/mol. The highest BCUT2D eigenvalue weighted by molar-refractivity contribution is 5.77. The van der Waals surface area contributed by atoms with Crippen molar-refractivity contribution in [3.05, 3.63) is 29.6 Å². The fourth-order valence-corrected chi connectivity index (χ4v) is 2.64. The first-order valence-electron chi connectivity index (χ1n) is 6.74. The maximum atomic E-state index is 8.94. The molecule has 0 saturated heterocycles. The molecule has 1 aromatic heterocycles. The Bertz CT molecular complexity index is 646. The summed E-state index contributed by atoms with van der Waals surface area (Å²) < 4.78 is 2.13. The predicted octanol–water partition coefficient (Wildman–Crippen LogP) is 2.43. The number of rotatable bonds is 3. The first kappa shape index (κ1) is 12.2. The summed E-state index contributed by atoms with van der Waals surface area (Å²) in [5.41, 5.74) is 2.68. The van der Waals surface area contributed by atoms with E-state index in [9.17, 15) is 0 Å². The van der Waals surface area contributed by atoms with Gasteiger partial charge in [-0.05, 0) is 38.1 Å². The Balaban J connectivity index is 1.91. The van der Waals surface area contributed by atoms with Gasteiger partial charge in [0.15, 0.2) is 0 Å². The average molecular weight is 254 g/mol. The number of fused-ring (bicyclic) bond motifs is 1. The lowest BCUT2D eigenvalue weighted by atomic mass is 9.92. The molecule has 1 saturated carbocycles. The van der Waals surface area contributed by atoms with Gasteiger partial charge in [0, 0.05) is 13.1 Å². The molecule has 0 unspecified atom stereocenters. The third kappa shape index (κ3) is 2.11. The minimum atomic E-state index is 0.671. The van der Waals surface area contributed by atoms with Crippen molar-refractivity contribution in [2.24, 2.45) is 7.05 Å². The van der Waals surface area contributed by atoms with Crippen molar-refractivity contribution in [2.75, 3.05) is 7.05 Å². The Morgan fingerprint density at radius 3 is 2.89 bits per heavy atom. The van der Waals surface area contributed by atoms with Gasteiger partial charge >= 0.3 is 0 Å². The summed E-state index contributed by atoms with van der Waals surface area (Å²) in [7, 11) is 4.22. The number of nitrogens with zero attached hydrogens (tertiary/aromatic N) is 4. The molecule has 0 aliphatic heterocycles. The van der Waals surface area contributed by atoms with Crippen LogP contribution in [0.5, 0.6) is 0 Å². The van der Waals surface area contributed by atoms with Crippen LogP contribution in [0, 0.1) is 11.3 Å². The lowest BCUT2D eigenvalue weighted by Gasteiger charge is -2.34. The highest BCUT2D eigenvalue weighted by Gasteiger charge is 2.23. The monoisotopic (exact) mass is 254 g/mol.